The standard InChI is InChI=1S/C15H14N4O/c1-11-15(4-3-6-16-11)20-13-5-7-17-14(8-13)12-9-18-19(2)10-12/h3-10H,1-2H3. The van der Waals surface area contributed by atoms with Crippen LogP contribution < -0.4 is 4.74 Å². The lowest BCUT2D eigenvalue weighted by Gasteiger charge is -2.08. The molecular formula is C15H14N4O. The summed E-state index contributed by atoms with van der Waals surface area (Å²) in [6.07, 6.45) is 7.17. The Labute approximate surface area is 116 Å². The average Bonchev–Trinajstić information content (AvgIpc) is 2.89. The largest absolute Gasteiger partial charge is 0.455 e. The van der Waals surface area contributed by atoms with E-state index in [0.717, 1.165) is 28.5 Å². The topological polar surface area (TPSA) is 52.8 Å². The first-order valence-electron chi connectivity index (χ1n) is 6.27. The van der Waals surface area contributed by atoms with Crippen molar-refractivity contribution in [3.63, 3.8) is 0 Å². The van der Waals surface area contributed by atoms with Crippen LogP contribution in [0.3, 0.4) is 0 Å². The third kappa shape index (κ3) is 2.51. The number of aromatic nitrogens is 4. The molecule has 20 heavy (non-hydrogen) atoms. The Bertz CT molecular complexity index is 736. The molecule has 5 nitrogen and oxygen atoms in total. The van der Waals surface area contributed by atoms with E-state index in [1.54, 1.807) is 23.3 Å². The molecule has 0 saturated carbocycles. The molecule has 0 unspecified atom stereocenters. The van der Waals surface area contributed by atoms with E-state index in [0.29, 0.717) is 0 Å². The lowest BCUT2D eigenvalue weighted by Crippen LogP contribution is -1.91. The minimum Gasteiger partial charge on any atom is -0.455 e. The quantitative estimate of drug-likeness (QED) is 0.731. The average molecular weight is 266 g/mol. The molecule has 0 spiro atoms. The Hall–Kier alpha value is -2.69. The molecule has 0 amide bonds. The number of hydrogen-bond acceptors (Lipinski definition) is 4. The molecule has 0 aliphatic rings. The minimum atomic E-state index is 0.731. The van der Waals surface area contributed by atoms with E-state index in [4.69, 9.17) is 4.74 Å². The molecule has 0 saturated heterocycles. The fraction of sp³-hybridized carbons (Fsp3) is 0.133. The van der Waals surface area contributed by atoms with Crippen molar-refractivity contribution in [3.8, 4) is 22.8 Å². The number of rotatable bonds is 3. The summed E-state index contributed by atoms with van der Waals surface area (Å²) in [5, 5.41) is 4.15. The number of hydrogen-bond donors (Lipinski definition) is 0. The second-order valence-corrected chi connectivity index (χ2v) is 4.47. The van der Waals surface area contributed by atoms with Gasteiger partial charge in [-0.15, -0.1) is 0 Å². The highest BCUT2D eigenvalue weighted by Gasteiger charge is 2.06. The van der Waals surface area contributed by atoms with Crippen molar-refractivity contribution >= 4 is 0 Å². The SMILES string of the molecule is Cc1ncccc1Oc1ccnc(-c2cnn(C)c2)c1. The third-order valence-corrected chi connectivity index (χ3v) is 2.92. The van der Waals surface area contributed by atoms with Gasteiger partial charge in [-0.05, 0) is 25.1 Å². The first kappa shape index (κ1) is 12.3. The lowest BCUT2D eigenvalue weighted by atomic mass is 10.2. The zero-order valence-corrected chi connectivity index (χ0v) is 11.3. The molecule has 0 aliphatic carbocycles. The molecule has 100 valence electrons. The van der Waals surface area contributed by atoms with Gasteiger partial charge in [-0.3, -0.25) is 14.6 Å². The van der Waals surface area contributed by atoms with E-state index in [1.807, 2.05) is 44.4 Å². The summed E-state index contributed by atoms with van der Waals surface area (Å²) in [5.74, 6) is 1.48. The molecule has 0 bridgehead atoms. The molecular weight excluding hydrogens is 252 g/mol. The van der Waals surface area contributed by atoms with Gasteiger partial charge in [-0.1, -0.05) is 0 Å². The molecule has 0 fully saturated rings. The van der Waals surface area contributed by atoms with Crippen molar-refractivity contribution in [3.05, 3.63) is 54.7 Å². The summed E-state index contributed by atoms with van der Waals surface area (Å²) in [6.45, 7) is 1.92. The van der Waals surface area contributed by atoms with Gasteiger partial charge in [-0.2, -0.15) is 5.10 Å². The van der Waals surface area contributed by atoms with Gasteiger partial charge in [-0.25, -0.2) is 0 Å². The van der Waals surface area contributed by atoms with E-state index in [2.05, 4.69) is 15.1 Å². The van der Waals surface area contributed by atoms with E-state index in [9.17, 15) is 0 Å². The molecule has 3 rings (SSSR count). The summed E-state index contributed by atoms with van der Waals surface area (Å²) in [7, 11) is 1.88. The van der Waals surface area contributed by atoms with Gasteiger partial charge in [0.05, 0.1) is 17.6 Å². The molecule has 0 atom stereocenters. The number of aryl methyl sites for hydroxylation is 2. The fourth-order valence-electron chi connectivity index (χ4n) is 1.89. The van der Waals surface area contributed by atoms with Crippen LogP contribution in [0, 0.1) is 6.92 Å². The Morgan fingerprint density at radius 2 is 2.05 bits per heavy atom. The highest BCUT2D eigenvalue weighted by Crippen LogP contribution is 2.26. The van der Waals surface area contributed by atoms with Crippen LogP contribution in [0.1, 0.15) is 5.69 Å². The maximum Gasteiger partial charge on any atom is 0.148 e. The molecule has 3 aromatic heterocycles. The summed E-state index contributed by atoms with van der Waals surface area (Å²) >= 11 is 0. The fourth-order valence-corrected chi connectivity index (χ4v) is 1.89. The van der Waals surface area contributed by atoms with Crippen LogP contribution >= 0.6 is 0 Å². The van der Waals surface area contributed by atoms with Gasteiger partial charge in [0.1, 0.15) is 11.5 Å². The third-order valence-electron chi connectivity index (χ3n) is 2.92. The maximum absolute atomic E-state index is 5.85. The predicted molar refractivity (Wildman–Crippen MR) is 75.5 cm³/mol. The van der Waals surface area contributed by atoms with Gasteiger partial charge in [0, 0.05) is 37.3 Å². The van der Waals surface area contributed by atoms with Crippen molar-refractivity contribution in [1.29, 1.82) is 0 Å². The lowest BCUT2D eigenvalue weighted by molar-refractivity contribution is 0.475. The van der Waals surface area contributed by atoms with Crippen LogP contribution in [-0.4, -0.2) is 19.7 Å². The Balaban J connectivity index is 1.90. The van der Waals surface area contributed by atoms with E-state index in [-0.39, 0.29) is 0 Å². The molecule has 3 aromatic rings. The Morgan fingerprint density at radius 1 is 1.15 bits per heavy atom. The summed E-state index contributed by atoms with van der Waals surface area (Å²) in [6, 6.07) is 7.47. The van der Waals surface area contributed by atoms with Crippen LogP contribution in [0.2, 0.25) is 0 Å². The monoisotopic (exact) mass is 266 g/mol. The molecule has 0 aromatic carbocycles. The molecule has 0 aliphatic heterocycles. The van der Waals surface area contributed by atoms with Crippen molar-refractivity contribution < 1.29 is 4.74 Å². The highest BCUT2D eigenvalue weighted by molar-refractivity contribution is 5.58. The van der Waals surface area contributed by atoms with E-state index < -0.39 is 0 Å². The first-order valence-corrected chi connectivity index (χ1v) is 6.27. The van der Waals surface area contributed by atoms with Crippen LogP contribution in [0.15, 0.2) is 49.1 Å². The molecule has 0 N–H and O–H groups in total. The van der Waals surface area contributed by atoms with Crippen molar-refractivity contribution in [2.75, 3.05) is 0 Å². The second-order valence-electron chi connectivity index (χ2n) is 4.47. The molecule has 3 heterocycles. The van der Waals surface area contributed by atoms with Gasteiger partial charge in [0.15, 0.2) is 0 Å². The van der Waals surface area contributed by atoms with Crippen molar-refractivity contribution in [1.82, 2.24) is 19.7 Å². The summed E-state index contributed by atoms with van der Waals surface area (Å²) in [5.41, 5.74) is 2.64. The zero-order valence-electron chi connectivity index (χ0n) is 11.3. The maximum atomic E-state index is 5.85. The van der Waals surface area contributed by atoms with Gasteiger partial charge < -0.3 is 4.74 Å². The highest BCUT2D eigenvalue weighted by atomic mass is 16.5. The molecule has 0 radical (unpaired) electrons. The van der Waals surface area contributed by atoms with Gasteiger partial charge in [0.2, 0.25) is 0 Å². The number of ether oxygens (including phenoxy) is 1. The first-order chi connectivity index (χ1) is 9.72. The minimum absolute atomic E-state index is 0.731. The predicted octanol–water partition coefficient (Wildman–Crippen LogP) is 2.98. The van der Waals surface area contributed by atoms with Gasteiger partial charge in [0.25, 0.3) is 0 Å². The van der Waals surface area contributed by atoms with Crippen molar-refractivity contribution in [2.45, 2.75) is 6.92 Å². The van der Waals surface area contributed by atoms with Crippen LogP contribution in [0.25, 0.3) is 11.3 Å². The smallest absolute Gasteiger partial charge is 0.148 e. The van der Waals surface area contributed by atoms with Gasteiger partial charge >= 0.3 is 0 Å². The van der Waals surface area contributed by atoms with Crippen LogP contribution in [0.4, 0.5) is 0 Å². The summed E-state index contributed by atoms with van der Waals surface area (Å²) in [4.78, 5) is 8.54. The Kier molecular flexibility index (Phi) is 3.16. The normalized spacial score (nSPS) is 10.5. The van der Waals surface area contributed by atoms with Crippen LogP contribution in [-0.2, 0) is 7.05 Å². The van der Waals surface area contributed by atoms with Crippen LogP contribution in [0.5, 0.6) is 11.5 Å². The zero-order chi connectivity index (χ0) is 13.9. The Morgan fingerprint density at radius 3 is 2.80 bits per heavy atom. The van der Waals surface area contributed by atoms with Crippen molar-refractivity contribution in [2.24, 2.45) is 7.05 Å². The second kappa shape index (κ2) is 5.13. The number of pyridine rings is 2. The van der Waals surface area contributed by atoms with E-state index in [1.165, 1.54) is 0 Å². The molecule has 5 heteroatoms. The number of nitrogens with zero attached hydrogens (tertiary/aromatic N) is 4. The van der Waals surface area contributed by atoms with E-state index >= 15 is 0 Å². The summed E-state index contributed by atoms with van der Waals surface area (Å²) < 4.78 is 7.59.